The van der Waals surface area contributed by atoms with Crippen LogP contribution in [0.5, 0.6) is 92.0 Å². The second kappa shape index (κ2) is 16.2. The van der Waals surface area contributed by atoms with Crippen molar-refractivity contribution in [1.82, 2.24) is 0 Å². The molecular formula is C48H28O30. The molecule has 12 rings (SSSR count). The first-order chi connectivity index (χ1) is 36.7. The first-order valence-electron chi connectivity index (χ1n) is 21.7. The SMILES string of the molecule is O=C1OC(C2OC(=O)c3cc(O)c(O)c(O)c3-c3c(O)c(O)c4oc(=O)c5c(c(O)c(O)c6oc(=O)c3c4c65)-c3c(cc(O)c(O)c3O)C(=O)OCC2O)C2OC(=O)c3c(c(O)c(O)c(O)c3C2O)-c2cc1c(O)c(O)c2O. The minimum absolute atomic E-state index is 0.226. The Morgan fingerprint density at radius 1 is 0.346 bits per heavy atom. The van der Waals surface area contributed by atoms with E-state index in [2.05, 4.69) is 0 Å². The molecule has 5 unspecified atom stereocenters. The number of benzene rings is 6. The highest BCUT2D eigenvalue weighted by molar-refractivity contribution is 6.29. The smallest absolute Gasteiger partial charge is 0.345 e. The van der Waals surface area contributed by atoms with Gasteiger partial charge in [0.1, 0.15) is 24.4 Å². The Balaban J connectivity index is 1.24. The van der Waals surface area contributed by atoms with Gasteiger partial charge >= 0.3 is 35.1 Å². The van der Waals surface area contributed by atoms with Crippen molar-refractivity contribution in [1.29, 1.82) is 0 Å². The Labute approximate surface area is 424 Å². The molecule has 18 N–H and O–H groups in total. The maximum absolute atomic E-state index is 15.0. The molecule has 0 spiro atoms. The predicted molar refractivity (Wildman–Crippen MR) is 245 cm³/mol. The van der Waals surface area contributed by atoms with Crippen LogP contribution in [0, 0.1) is 0 Å². The van der Waals surface area contributed by atoms with Gasteiger partial charge in [0, 0.05) is 49.7 Å². The van der Waals surface area contributed by atoms with Crippen LogP contribution in [0.15, 0.2) is 36.6 Å². The van der Waals surface area contributed by atoms with Crippen molar-refractivity contribution in [3.05, 3.63) is 66.9 Å². The normalized spacial score (nSPS) is 19.1. The van der Waals surface area contributed by atoms with Crippen LogP contribution in [0.3, 0.4) is 0 Å². The molecule has 0 aliphatic carbocycles. The number of aliphatic hydroxyl groups excluding tert-OH is 2. The van der Waals surface area contributed by atoms with E-state index in [4.69, 9.17) is 27.8 Å². The van der Waals surface area contributed by atoms with Crippen molar-refractivity contribution in [2.75, 3.05) is 6.61 Å². The van der Waals surface area contributed by atoms with Crippen LogP contribution in [0.1, 0.15) is 53.1 Å². The summed E-state index contributed by atoms with van der Waals surface area (Å²) in [4.78, 5) is 86.2. The van der Waals surface area contributed by atoms with Gasteiger partial charge in [-0.2, -0.15) is 0 Å². The lowest BCUT2D eigenvalue weighted by atomic mass is 9.84. The van der Waals surface area contributed by atoms with Crippen molar-refractivity contribution in [3.63, 3.8) is 0 Å². The summed E-state index contributed by atoms with van der Waals surface area (Å²) in [7, 11) is 0. The van der Waals surface area contributed by atoms with Crippen LogP contribution in [-0.2, 0) is 18.9 Å². The van der Waals surface area contributed by atoms with E-state index in [1.165, 1.54) is 0 Å². The van der Waals surface area contributed by atoms with Crippen LogP contribution in [0.4, 0.5) is 0 Å². The number of hydrogen-bond acceptors (Lipinski definition) is 30. The average Bonchev–Trinajstić information content (AvgIpc) is 3.12. The summed E-state index contributed by atoms with van der Waals surface area (Å²) in [5, 5.41) is 199. The zero-order valence-electron chi connectivity index (χ0n) is 37.8. The third kappa shape index (κ3) is 6.24. The number of esters is 4. The van der Waals surface area contributed by atoms with Gasteiger partial charge in [0.2, 0.25) is 34.5 Å². The third-order valence-electron chi connectivity index (χ3n) is 13.5. The number of aromatic hydroxyl groups is 16. The summed E-state index contributed by atoms with van der Waals surface area (Å²) in [6, 6.07) is 0.957. The summed E-state index contributed by atoms with van der Waals surface area (Å²) < 4.78 is 32.4. The minimum atomic E-state index is -2.99. The molecule has 0 fully saturated rings. The maximum atomic E-state index is 15.0. The highest BCUT2D eigenvalue weighted by atomic mass is 16.6. The molecule has 0 saturated carbocycles. The molecule has 6 aromatic carbocycles. The molecule has 30 nitrogen and oxygen atoms in total. The van der Waals surface area contributed by atoms with E-state index < -0.39 is 258 Å². The molecule has 4 aliphatic heterocycles. The molecule has 5 atom stereocenters. The summed E-state index contributed by atoms with van der Waals surface area (Å²) in [6.45, 7) is -1.69. The number of cyclic esters (lactones) is 2. The van der Waals surface area contributed by atoms with Crippen LogP contribution < -0.4 is 11.3 Å². The average molecular weight is 1080 g/mol. The van der Waals surface area contributed by atoms with Crippen LogP contribution >= 0.6 is 0 Å². The van der Waals surface area contributed by atoms with Crippen molar-refractivity contribution in [2.45, 2.75) is 30.5 Å². The van der Waals surface area contributed by atoms with Crippen molar-refractivity contribution < 1.29 is 139 Å². The summed E-state index contributed by atoms with van der Waals surface area (Å²) in [5.41, 5.74) is -19.4. The van der Waals surface area contributed by atoms with E-state index >= 15 is 0 Å². The number of phenols is 16. The first kappa shape index (κ1) is 49.1. The monoisotopic (exact) mass is 1080 g/mol. The highest BCUT2D eigenvalue weighted by Gasteiger charge is 2.53. The van der Waals surface area contributed by atoms with E-state index in [9.17, 15) is 121 Å². The molecule has 78 heavy (non-hydrogen) atoms. The van der Waals surface area contributed by atoms with Gasteiger partial charge in [-0.05, 0) is 18.2 Å². The van der Waals surface area contributed by atoms with Gasteiger partial charge in [-0.25, -0.2) is 28.8 Å². The number of hydrogen-bond donors (Lipinski definition) is 18. The Kier molecular flexibility index (Phi) is 10.2. The number of carbonyl (C=O) groups excluding carboxylic acids is 4. The topological polar surface area (TPSA) is 530 Å². The van der Waals surface area contributed by atoms with E-state index in [1.54, 1.807) is 0 Å². The van der Waals surface area contributed by atoms with E-state index in [0.717, 1.165) is 0 Å². The molecule has 30 heteroatoms. The van der Waals surface area contributed by atoms with Gasteiger partial charge in [0.05, 0.1) is 27.5 Å². The number of aliphatic hydroxyl groups is 2. The Hall–Kier alpha value is -11.1. The lowest BCUT2D eigenvalue weighted by molar-refractivity contribution is -0.153. The van der Waals surface area contributed by atoms with E-state index in [0.29, 0.717) is 12.1 Å². The number of carbonyl (C=O) groups is 4. The predicted octanol–water partition coefficient (Wildman–Crippen LogP) is 1.65. The lowest BCUT2D eigenvalue weighted by Crippen LogP contribution is -2.55. The Bertz CT molecular complexity index is 4280. The second-order valence-corrected chi connectivity index (χ2v) is 17.6. The van der Waals surface area contributed by atoms with E-state index in [1.807, 2.05) is 0 Å². The fourth-order valence-electron chi connectivity index (χ4n) is 9.92. The fraction of sp³-hybridized carbons (Fsp3) is 0.125. The van der Waals surface area contributed by atoms with Crippen molar-refractivity contribution in [2.24, 2.45) is 0 Å². The van der Waals surface area contributed by atoms with Gasteiger partial charge in [-0.15, -0.1) is 0 Å². The molecule has 6 heterocycles. The quantitative estimate of drug-likeness (QED) is 0.0365. The molecule has 8 aromatic rings. The third-order valence-corrected chi connectivity index (χ3v) is 13.5. The van der Waals surface area contributed by atoms with Gasteiger partial charge in [0.15, 0.2) is 87.0 Å². The molecule has 4 aliphatic rings. The van der Waals surface area contributed by atoms with Crippen LogP contribution in [-0.4, -0.2) is 147 Å². The zero-order valence-corrected chi connectivity index (χ0v) is 37.8. The zero-order chi connectivity index (χ0) is 56.5. The number of fused-ring (bicyclic) bond motifs is 7. The van der Waals surface area contributed by atoms with Crippen molar-refractivity contribution in [3.8, 4) is 125 Å². The largest absolute Gasteiger partial charge is 0.504 e. The minimum Gasteiger partial charge on any atom is -0.504 e. The molecule has 0 saturated heterocycles. The summed E-state index contributed by atoms with van der Waals surface area (Å²) in [5.74, 6) is -32.6. The Morgan fingerprint density at radius 3 is 1.29 bits per heavy atom. The number of ether oxygens (including phenoxy) is 4. The van der Waals surface area contributed by atoms with Crippen LogP contribution in [0.25, 0.3) is 66.1 Å². The standard InChI is InChI=1S/C48H28O30/c49-9-2-6-13(27(56)25(9)54)15-20-17-18-21(48(72)76-39(17)36(65)30(15)59)16(31(60)37(66)40(18)75-47(20)71)14-7(3-10(50)26(55)28(14)57)44(68)74-38(11(51)4-73-43(6)67)42-41-33(62)22-19(46(70)77-41)12(29(58)35(64)32(22)61)5-1-8(45(69)78-42)24(53)34(63)23(5)52/h1-3,11,33,38,41-42,49-66H,4H2. The summed E-state index contributed by atoms with van der Waals surface area (Å²) in [6.07, 6.45) is -14.3. The second-order valence-electron chi connectivity index (χ2n) is 17.6. The highest BCUT2D eigenvalue weighted by Crippen LogP contribution is 2.60. The van der Waals surface area contributed by atoms with Gasteiger partial charge in [-0.3, -0.25) is 0 Å². The molecular weight excluding hydrogens is 1060 g/mol. The van der Waals surface area contributed by atoms with Crippen LogP contribution in [0.2, 0.25) is 0 Å². The van der Waals surface area contributed by atoms with Gasteiger partial charge < -0.3 is 120 Å². The molecule has 400 valence electrons. The molecule has 2 aromatic heterocycles. The Morgan fingerprint density at radius 2 is 0.769 bits per heavy atom. The van der Waals surface area contributed by atoms with E-state index in [-0.39, 0.29) is 6.07 Å². The number of rotatable bonds is 1. The molecule has 0 radical (unpaired) electrons. The van der Waals surface area contributed by atoms with Gasteiger partial charge in [0.25, 0.3) is 0 Å². The molecule has 0 amide bonds. The molecule has 12 bridgehead atoms. The first-order valence-corrected chi connectivity index (χ1v) is 21.7. The van der Waals surface area contributed by atoms with Gasteiger partial charge in [-0.1, -0.05) is 0 Å². The van der Waals surface area contributed by atoms with Crippen molar-refractivity contribution >= 4 is 56.6 Å². The lowest BCUT2D eigenvalue weighted by Gasteiger charge is -2.39. The summed E-state index contributed by atoms with van der Waals surface area (Å²) >= 11 is 0. The fourth-order valence-corrected chi connectivity index (χ4v) is 9.92. The number of phenolic OH excluding ortho intramolecular Hbond substituents is 16. The maximum Gasteiger partial charge on any atom is 0.345 e.